The van der Waals surface area contributed by atoms with Crippen molar-refractivity contribution in [1.29, 1.82) is 0 Å². The first kappa shape index (κ1) is 39.1. The van der Waals surface area contributed by atoms with Crippen molar-refractivity contribution in [1.82, 2.24) is 16.0 Å². The average Bonchev–Trinajstić information content (AvgIpc) is 2.81. The molecule has 39 heavy (non-hydrogen) atoms. The maximum Gasteiger partial charge on any atom is 0.407 e. The number of carbonyl (C=O) groups excluding carboxylic acids is 2. The van der Waals surface area contributed by atoms with E-state index in [1.54, 1.807) is 0 Å². The van der Waals surface area contributed by atoms with Crippen LogP contribution in [0.15, 0.2) is 30.3 Å². The molecule has 0 atom stereocenters. The summed E-state index contributed by atoms with van der Waals surface area (Å²) in [5.74, 6) is 0. The Bertz CT molecular complexity index is 722. The van der Waals surface area contributed by atoms with Crippen LogP contribution in [-0.4, -0.2) is 56.1 Å². The van der Waals surface area contributed by atoms with Gasteiger partial charge in [0.05, 0.1) is 0 Å². The number of nitrogens with two attached hydrogens (primary N) is 1. The molecule has 0 saturated carbocycles. The topological polar surface area (TPSA) is 115 Å². The van der Waals surface area contributed by atoms with Gasteiger partial charge in [0.25, 0.3) is 0 Å². The summed E-state index contributed by atoms with van der Waals surface area (Å²) >= 11 is 0. The molecule has 0 saturated heterocycles. The molecule has 1 aromatic rings. The van der Waals surface area contributed by atoms with Crippen molar-refractivity contribution in [3.63, 3.8) is 0 Å². The van der Waals surface area contributed by atoms with Crippen molar-refractivity contribution in [2.75, 3.05) is 32.7 Å². The SMILES string of the molecule is CC(C)(C)OC(=O)NCCCCCCN.CC(C)(C)OC(=O)NCCCCCCNCCc1ccccc1.Cl. The summed E-state index contributed by atoms with van der Waals surface area (Å²) in [5, 5.41) is 8.99. The maximum atomic E-state index is 11.4. The summed E-state index contributed by atoms with van der Waals surface area (Å²) in [5.41, 5.74) is 5.92. The van der Waals surface area contributed by atoms with Crippen molar-refractivity contribution in [3.8, 4) is 0 Å². The highest BCUT2D eigenvalue weighted by Crippen LogP contribution is 2.07. The van der Waals surface area contributed by atoms with Gasteiger partial charge in [-0.25, -0.2) is 9.59 Å². The molecule has 0 aromatic heterocycles. The number of unbranched alkanes of at least 4 members (excludes halogenated alkanes) is 6. The lowest BCUT2D eigenvalue weighted by atomic mass is 10.1. The van der Waals surface area contributed by atoms with Gasteiger partial charge in [0.15, 0.2) is 0 Å². The average molecular weight is 573 g/mol. The minimum Gasteiger partial charge on any atom is -0.444 e. The Kier molecular flexibility index (Phi) is 23.9. The first-order chi connectivity index (χ1) is 17.9. The van der Waals surface area contributed by atoms with Crippen LogP contribution in [0.1, 0.15) is 98.5 Å². The van der Waals surface area contributed by atoms with E-state index in [0.717, 1.165) is 64.6 Å². The first-order valence-electron chi connectivity index (χ1n) is 14.3. The van der Waals surface area contributed by atoms with Crippen LogP contribution in [0, 0.1) is 0 Å². The lowest BCUT2D eigenvalue weighted by molar-refractivity contribution is 0.0515. The number of carbonyl (C=O) groups is 2. The summed E-state index contributed by atoms with van der Waals surface area (Å²) < 4.78 is 10.3. The molecular weight excluding hydrogens is 516 g/mol. The molecule has 0 aliphatic carbocycles. The number of ether oxygens (including phenoxy) is 2. The number of hydrogen-bond acceptors (Lipinski definition) is 6. The van der Waals surface area contributed by atoms with Crippen LogP contribution in [0.5, 0.6) is 0 Å². The molecule has 0 aliphatic rings. The summed E-state index contributed by atoms with van der Waals surface area (Å²) in [7, 11) is 0. The Morgan fingerprint density at radius 3 is 1.54 bits per heavy atom. The van der Waals surface area contributed by atoms with Gasteiger partial charge in [0.1, 0.15) is 11.2 Å². The van der Waals surface area contributed by atoms with Crippen LogP contribution < -0.4 is 21.7 Å². The lowest BCUT2D eigenvalue weighted by Gasteiger charge is -2.19. The van der Waals surface area contributed by atoms with Gasteiger partial charge in [-0.1, -0.05) is 56.0 Å². The summed E-state index contributed by atoms with van der Waals surface area (Å²) in [6, 6.07) is 10.6. The standard InChI is InChI=1S/C19H32N2O2.C11H24N2O2.ClH/c1-19(2,3)23-18(22)21-15-10-5-4-9-14-20-16-13-17-11-7-6-8-12-17;1-11(2,3)15-10(14)13-9-7-5-4-6-8-12;/h6-8,11-12,20H,4-5,9-10,13-16H2,1-3H3,(H,21,22);4-9,12H2,1-3H3,(H,13,14);1H. The Labute approximate surface area is 244 Å². The highest BCUT2D eigenvalue weighted by molar-refractivity contribution is 5.85. The number of nitrogens with one attached hydrogen (secondary N) is 3. The lowest BCUT2D eigenvalue weighted by Crippen LogP contribution is -2.33. The quantitative estimate of drug-likeness (QED) is 0.171. The van der Waals surface area contributed by atoms with Gasteiger partial charge in [0, 0.05) is 13.1 Å². The molecule has 0 fully saturated rings. The number of hydrogen-bond donors (Lipinski definition) is 4. The molecule has 1 aromatic carbocycles. The molecule has 5 N–H and O–H groups in total. The Morgan fingerprint density at radius 1 is 0.667 bits per heavy atom. The molecule has 2 amide bonds. The Morgan fingerprint density at radius 2 is 1.10 bits per heavy atom. The van der Waals surface area contributed by atoms with E-state index in [1.807, 2.05) is 41.5 Å². The second kappa shape index (κ2) is 23.8. The van der Waals surface area contributed by atoms with E-state index in [9.17, 15) is 9.59 Å². The Balaban J connectivity index is 0. The van der Waals surface area contributed by atoms with Crippen molar-refractivity contribution in [2.45, 2.75) is 111 Å². The molecule has 0 spiro atoms. The zero-order valence-electron chi connectivity index (χ0n) is 25.4. The molecule has 0 heterocycles. The van der Waals surface area contributed by atoms with Crippen molar-refractivity contribution in [3.05, 3.63) is 35.9 Å². The molecule has 228 valence electrons. The number of benzene rings is 1. The summed E-state index contributed by atoms with van der Waals surface area (Å²) in [6.07, 6.45) is 9.22. The van der Waals surface area contributed by atoms with Crippen LogP contribution in [0.2, 0.25) is 0 Å². The van der Waals surface area contributed by atoms with Crippen LogP contribution in [0.25, 0.3) is 0 Å². The normalized spacial score (nSPS) is 10.9. The number of halogens is 1. The zero-order chi connectivity index (χ0) is 28.7. The molecule has 0 unspecified atom stereocenters. The third-order valence-electron chi connectivity index (χ3n) is 5.18. The fourth-order valence-corrected chi connectivity index (χ4v) is 3.36. The van der Waals surface area contributed by atoms with E-state index in [-0.39, 0.29) is 24.6 Å². The van der Waals surface area contributed by atoms with E-state index in [0.29, 0.717) is 13.1 Å². The van der Waals surface area contributed by atoms with Gasteiger partial charge in [0.2, 0.25) is 0 Å². The van der Waals surface area contributed by atoms with Gasteiger partial charge >= 0.3 is 12.2 Å². The molecule has 9 heteroatoms. The molecular formula is C30H57ClN4O4. The van der Waals surface area contributed by atoms with Crippen molar-refractivity contribution < 1.29 is 19.1 Å². The largest absolute Gasteiger partial charge is 0.444 e. The summed E-state index contributed by atoms with van der Waals surface area (Å²) in [6.45, 7) is 15.4. The second-order valence-electron chi connectivity index (χ2n) is 11.5. The molecule has 0 radical (unpaired) electrons. The monoisotopic (exact) mass is 572 g/mol. The fourth-order valence-electron chi connectivity index (χ4n) is 3.36. The van der Waals surface area contributed by atoms with Crippen LogP contribution >= 0.6 is 12.4 Å². The van der Waals surface area contributed by atoms with Gasteiger partial charge in [-0.05, 0) is 98.8 Å². The van der Waals surface area contributed by atoms with Gasteiger partial charge in [-0.2, -0.15) is 0 Å². The highest BCUT2D eigenvalue weighted by atomic mass is 35.5. The van der Waals surface area contributed by atoms with E-state index in [4.69, 9.17) is 15.2 Å². The third kappa shape index (κ3) is 30.4. The first-order valence-corrected chi connectivity index (χ1v) is 14.3. The van der Waals surface area contributed by atoms with Crippen LogP contribution in [0.4, 0.5) is 9.59 Å². The smallest absolute Gasteiger partial charge is 0.407 e. The van der Waals surface area contributed by atoms with Crippen LogP contribution in [0.3, 0.4) is 0 Å². The molecule has 0 bridgehead atoms. The van der Waals surface area contributed by atoms with Gasteiger partial charge in [-0.3, -0.25) is 0 Å². The number of alkyl carbamates (subject to hydrolysis) is 2. The third-order valence-corrected chi connectivity index (χ3v) is 5.18. The summed E-state index contributed by atoms with van der Waals surface area (Å²) in [4.78, 5) is 22.6. The fraction of sp³-hybridized carbons (Fsp3) is 0.733. The van der Waals surface area contributed by atoms with E-state index < -0.39 is 11.2 Å². The molecule has 0 aliphatic heterocycles. The minimum atomic E-state index is -0.421. The maximum absolute atomic E-state index is 11.4. The molecule has 1 rings (SSSR count). The van der Waals surface area contributed by atoms with Crippen LogP contribution in [-0.2, 0) is 15.9 Å². The number of rotatable bonds is 16. The van der Waals surface area contributed by atoms with E-state index >= 15 is 0 Å². The van der Waals surface area contributed by atoms with Crippen molar-refractivity contribution >= 4 is 24.6 Å². The minimum absolute atomic E-state index is 0. The molecule has 8 nitrogen and oxygen atoms in total. The number of amides is 2. The predicted molar refractivity (Wildman–Crippen MR) is 165 cm³/mol. The predicted octanol–water partition coefficient (Wildman–Crippen LogP) is 6.36. The van der Waals surface area contributed by atoms with Gasteiger partial charge < -0.3 is 31.2 Å². The Hall–Kier alpha value is -2.03. The van der Waals surface area contributed by atoms with E-state index in [1.165, 1.54) is 18.4 Å². The van der Waals surface area contributed by atoms with Gasteiger partial charge in [-0.15, -0.1) is 12.4 Å². The highest BCUT2D eigenvalue weighted by Gasteiger charge is 2.16. The second-order valence-corrected chi connectivity index (χ2v) is 11.5. The van der Waals surface area contributed by atoms with E-state index in [2.05, 4.69) is 46.3 Å². The van der Waals surface area contributed by atoms with Crippen molar-refractivity contribution in [2.24, 2.45) is 5.73 Å². The zero-order valence-corrected chi connectivity index (χ0v) is 26.2.